The van der Waals surface area contributed by atoms with Gasteiger partial charge in [-0.2, -0.15) is 0 Å². The molecule has 0 aliphatic carbocycles. The highest BCUT2D eigenvalue weighted by molar-refractivity contribution is 9.10. The maximum Gasteiger partial charge on any atom is 0.225 e. The lowest BCUT2D eigenvalue weighted by molar-refractivity contribution is -0.124. The van der Waals surface area contributed by atoms with E-state index in [2.05, 4.69) is 26.6 Å². The average Bonchev–Trinajstić information content (AvgIpc) is 3.08. The van der Waals surface area contributed by atoms with E-state index < -0.39 is 6.04 Å². The lowest BCUT2D eigenvalue weighted by Crippen LogP contribution is -2.35. The maximum absolute atomic E-state index is 14.4. The van der Waals surface area contributed by atoms with E-state index in [0.29, 0.717) is 16.6 Å². The van der Waals surface area contributed by atoms with Crippen LogP contribution in [0.25, 0.3) is 0 Å². The van der Waals surface area contributed by atoms with Crippen LogP contribution in [0.2, 0.25) is 0 Å². The molecule has 6 heteroatoms. The van der Waals surface area contributed by atoms with Gasteiger partial charge in [0.2, 0.25) is 5.91 Å². The van der Waals surface area contributed by atoms with Gasteiger partial charge < -0.3 is 10.6 Å². The largest absolute Gasteiger partial charge is 0.345 e. The van der Waals surface area contributed by atoms with Crippen LogP contribution in [-0.2, 0) is 4.79 Å². The molecular formula is C18H19BrClFN2O. The normalized spacial score (nSPS) is 17.8. The zero-order valence-electron chi connectivity index (χ0n) is 13.0. The van der Waals surface area contributed by atoms with Crippen molar-refractivity contribution in [3.63, 3.8) is 0 Å². The molecule has 1 aliphatic heterocycles. The minimum atomic E-state index is -0.489. The molecule has 0 spiro atoms. The van der Waals surface area contributed by atoms with Crippen molar-refractivity contribution >= 4 is 34.2 Å². The molecule has 24 heavy (non-hydrogen) atoms. The summed E-state index contributed by atoms with van der Waals surface area (Å²) in [7, 11) is 0. The van der Waals surface area contributed by atoms with Crippen molar-refractivity contribution in [2.75, 3.05) is 13.1 Å². The van der Waals surface area contributed by atoms with Crippen LogP contribution in [0.3, 0.4) is 0 Å². The van der Waals surface area contributed by atoms with E-state index in [1.807, 2.05) is 30.3 Å². The van der Waals surface area contributed by atoms with E-state index in [1.165, 1.54) is 6.07 Å². The molecular weight excluding hydrogens is 395 g/mol. The number of halogens is 3. The average molecular weight is 414 g/mol. The Kier molecular flexibility index (Phi) is 6.78. The number of rotatable bonds is 4. The summed E-state index contributed by atoms with van der Waals surface area (Å²) in [5, 5.41) is 6.20. The molecule has 2 N–H and O–H groups in total. The number of carbonyl (C=O) groups excluding carboxylic acids is 1. The topological polar surface area (TPSA) is 41.1 Å². The molecule has 2 atom stereocenters. The summed E-state index contributed by atoms with van der Waals surface area (Å²) in [5.41, 5.74) is 1.34. The number of hydrogen-bond acceptors (Lipinski definition) is 2. The van der Waals surface area contributed by atoms with Crippen molar-refractivity contribution in [2.45, 2.75) is 12.5 Å². The summed E-state index contributed by atoms with van der Waals surface area (Å²) in [6.07, 6.45) is 0.816. The van der Waals surface area contributed by atoms with Crippen LogP contribution in [0, 0.1) is 11.7 Å². The van der Waals surface area contributed by atoms with Crippen molar-refractivity contribution in [2.24, 2.45) is 5.92 Å². The Morgan fingerprint density at radius 2 is 2.00 bits per heavy atom. The lowest BCUT2D eigenvalue weighted by Gasteiger charge is -2.22. The van der Waals surface area contributed by atoms with Crippen LogP contribution >= 0.6 is 28.3 Å². The maximum atomic E-state index is 14.4. The van der Waals surface area contributed by atoms with Gasteiger partial charge in [0.15, 0.2) is 0 Å². The Labute approximate surface area is 155 Å². The monoisotopic (exact) mass is 412 g/mol. The smallest absolute Gasteiger partial charge is 0.225 e. The van der Waals surface area contributed by atoms with E-state index in [4.69, 9.17) is 0 Å². The third kappa shape index (κ3) is 4.35. The van der Waals surface area contributed by atoms with Gasteiger partial charge in [-0.1, -0.05) is 52.3 Å². The summed E-state index contributed by atoms with van der Waals surface area (Å²) >= 11 is 3.27. The molecule has 3 rings (SSSR count). The number of carbonyl (C=O) groups is 1. The highest BCUT2D eigenvalue weighted by Crippen LogP contribution is 2.27. The van der Waals surface area contributed by atoms with E-state index >= 15 is 0 Å². The Hall–Kier alpha value is -1.43. The zero-order valence-corrected chi connectivity index (χ0v) is 15.4. The molecule has 1 saturated heterocycles. The standard InChI is InChI=1S/C18H18BrFN2O.ClH/c19-14-6-7-15(16(20)10-14)17(12-4-2-1-3-5-12)22-18(23)13-8-9-21-11-13;/h1-7,10,13,17,21H,8-9,11H2,(H,22,23);1H. The Bertz CT molecular complexity index is 693. The second-order valence-corrected chi connectivity index (χ2v) is 6.62. The summed E-state index contributed by atoms with van der Waals surface area (Å²) in [6, 6.07) is 13.9. The fourth-order valence-electron chi connectivity index (χ4n) is 2.86. The van der Waals surface area contributed by atoms with Gasteiger partial charge in [0, 0.05) is 16.6 Å². The van der Waals surface area contributed by atoms with E-state index in [9.17, 15) is 9.18 Å². The third-order valence-electron chi connectivity index (χ3n) is 4.12. The summed E-state index contributed by atoms with van der Waals surface area (Å²) < 4.78 is 15.1. The van der Waals surface area contributed by atoms with Crippen LogP contribution in [0.4, 0.5) is 4.39 Å². The minimum Gasteiger partial charge on any atom is -0.345 e. The van der Waals surface area contributed by atoms with Gasteiger partial charge >= 0.3 is 0 Å². The predicted octanol–water partition coefficient (Wildman–Crippen LogP) is 3.83. The fraction of sp³-hybridized carbons (Fsp3) is 0.278. The van der Waals surface area contributed by atoms with E-state index in [0.717, 1.165) is 18.5 Å². The lowest BCUT2D eigenvalue weighted by atomic mass is 9.97. The second kappa shape index (κ2) is 8.60. The van der Waals surface area contributed by atoms with Crippen LogP contribution in [0.5, 0.6) is 0 Å². The molecule has 1 heterocycles. The Balaban J connectivity index is 0.00000208. The highest BCUT2D eigenvalue weighted by atomic mass is 79.9. The first-order valence-corrected chi connectivity index (χ1v) is 8.45. The summed E-state index contributed by atoms with van der Waals surface area (Å²) in [6.45, 7) is 1.52. The molecule has 128 valence electrons. The SMILES string of the molecule is Cl.O=C(NC(c1ccccc1)c1ccc(Br)cc1F)C1CCNC1. The molecule has 0 saturated carbocycles. The molecule has 1 aliphatic rings. The van der Waals surface area contributed by atoms with Crippen LogP contribution in [0.15, 0.2) is 53.0 Å². The van der Waals surface area contributed by atoms with Gasteiger partial charge in [-0.3, -0.25) is 4.79 Å². The van der Waals surface area contributed by atoms with Gasteiger partial charge in [-0.15, -0.1) is 12.4 Å². The quantitative estimate of drug-likeness (QED) is 0.800. The molecule has 0 aromatic heterocycles. The van der Waals surface area contributed by atoms with Gasteiger partial charge in [0.05, 0.1) is 12.0 Å². The second-order valence-electron chi connectivity index (χ2n) is 5.71. The van der Waals surface area contributed by atoms with E-state index in [1.54, 1.807) is 12.1 Å². The van der Waals surface area contributed by atoms with Crippen molar-refractivity contribution in [3.05, 3.63) is 69.9 Å². The van der Waals surface area contributed by atoms with Gasteiger partial charge in [0.1, 0.15) is 5.82 Å². The van der Waals surface area contributed by atoms with Crippen LogP contribution < -0.4 is 10.6 Å². The van der Waals surface area contributed by atoms with Gasteiger partial charge in [0.25, 0.3) is 0 Å². The van der Waals surface area contributed by atoms with Gasteiger partial charge in [-0.25, -0.2) is 4.39 Å². The molecule has 0 radical (unpaired) electrons. The van der Waals surface area contributed by atoms with Crippen molar-refractivity contribution in [1.29, 1.82) is 0 Å². The van der Waals surface area contributed by atoms with Crippen molar-refractivity contribution in [3.8, 4) is 0 Å². The molecule has 1 amide bonds. The van der Waals surface area contributed by atoms with Gasteiger partial charge in [-0.05, 0) is 30.7 Å². The van der Waals surface area contributed by atoms with Crippen molar-refractivity contribution < 1.29 is 9.18 Å². The van der Waals surface area contributed by atoms with E-state index in [-0.39, 0.29) is 30.0 Å². The number of nitrogens with one attached hydrogen (secondary N) is 2. The fourth-order valence-corrected chi connectivity index (χ4v) is 3.19. The number of amides is 1. The first-order valence-electron chi connectivity index (χ1n) is 7.66. The molecule has 1 fully saturated rings. The number of hydrogen-bond donors (Lipinski definition) is 2. The van der Waals surface area contributed by atoms with Crippen LogP contribution in [0.1, 0.15) is 23.6 Å². The molecule has 0 bridgehead atoms. The molecule has 3 nitrogen and oxygen atoms in total. The summed E-state index contributed by atoms with van der Waals surface area (Å²) in [4.78, 5) is 12.5. The highest BCUT2D eigenvalue weighted by Gasteiger charge is 2.27. The zero-order chi connectivity index (χ0) is 16.2. The van der Waals surface area contributed by atoms with Crippen LogP contribution in [-0.4, -0.2) is 19.0 Å². The third-order valence-corrected chi connectivity index (χ3v) is 4.62. The first kappa shape index (κ1) is 18.9. The predicted molar refractivity (Wildman–Crippen MR) is 98.8 cm³/mol. The Morgan fingerprint density at radius 1 is 1.25 bits per heavy atom. The molecule has 2 aromatic carbocycles. The number of benzene rings is 2. The van der Waals surface area contributed by atoms with Crippen molar-refractivity contribution in [1.82, 2.24) is 10.6 Å². The molecule has 2 unspecified atom stereocenters. The molecule has 2 aromatic rings. The minimum absolute atomic E-state index is 0. The Morgan fingerprint density at radius 3 is 2.62 bits per heavy atom. The first-order chi connectivity index (χ1) is 11.1. The summed E-state index contributed by atoms with van der Waals surface area (Å²) in [5.74, 6) is -0.427.